The van der Waals surface area contributed by atoms with Crippen LogP contribution in [0.25, 0.3) is 38.8 Å². The van der Waals surface area contributed by atoms with Gasteiger partial charge in [-0.15, -0.1) is 0 Å². The summed E-state index contributed by atoms with van der Waals surface area (Å²) in [4.78, 5) is 18.3. The maximum Gasteiger partial charge on any atom is 0.193 e. The van der Waals surface area contributed by atoms with Crippen LogP contribution >= 0.6 is 0 Å². The Morgan fingerprint density at radius 2 is 1.47 bits per heavy atom. The Morgan fingerprint density at radius 1 is 0.722 bits per heavy atom. The molecule has 6 aromatic rings. The Balaban J connectivity index is 1.36. The molecule has 0 amide bonds. The smallest absolute Gasteiger partial charge is 0.193 e. The van der Waals surface area contributed by atoms with E-state index < -0.39 is 0 Å². The van der Waals surface area contributed by atoms with Gasteiger partial charge in [0.1, 0.15) is 0 Å². The minimum Gasteiger partial charge on any atom is -0.307 e. The van der Waals surface area contributed by atoms with Crippen LogP contribution in [-0.4, -0.2) is 15.3 Å². The van der Waals surface area contributed by atoms with Crippen LogP contribution in [0.2, 0.25) is 0 Å². The molecule has 0 saturated heterocycles. The summed E-state index contributed by atoms with van der Waals surface area (Å²) in [7, 11) is 0. The van der Waals surface area contributed by atoms with Crippen LogP contribution in [0.4, 0.5) is 0 Å². The summed E-state index contributed by atoms with van der Waals surface area (Å²) in [6, 6.07) is 34.9. The predicted molar refractivity (Wildman–Crippen MR) is 146 cm³/mol. The average molecular weight is 465 g/mol. The van der Waals surface area contributed by atoms with Gasteiger partial charge in [0.2, 0.25) is 0 Å². The summed E-state index contributed by atoms with van der Waals surface area (Å²) < 4.78 is 2.32. The quantitative estimate of drug-likeness (QED) is 0.251. The number of ketones is 1. The molecule has 0 atom stereocenters. The van der Waals surface area contributed by atoms with Crippen LogP contribution in [0.1, 0.15) is 40.9 Å². The van der Waals surface area contributed by atoms with Crippen molar-refractivity contribution in [2.45, 2.75) is 19.3 Å². The van der Waals surface area contributed by atoms with Crippen LogP contribution in [0.15, 0.2) is 109 Å². The maximum atomic E-state index is 13.6. The minimum absolute atomic E-state index is 0.0382. The topological polar surface area (TPSA) is 34.9 Å². The highest BCUT2D eigenvalue weighted by atomic mass is 16.1. The second kappa shape index (κ2) is 7.50. The second-order valence-corrected chi connectivity index (χ2v) is 10.0. The fourth-order valence-electron chi connectivity index (χ4n) is 5.76. The van der Waals surface area contributed by atoms with Crippen LogP contribution < -0.4 is 0 Å². The highest BCUT2D eigenvalue weighted by Crippen LogP contribution is 2.47. The Morgan fingerprint density at radius 3 is 2.28 bits per heavy atom. The largest absolute Gasteiger partial charge is 0.307 e. The highest BCUT2D eigenvalue weighted by Gasteiger charge is 2.35. The zero-order valence-electron chi connectivity index (χ0n) is 20.2. The molecule has 3 heterocycles. The molecule has 0 fully saturated rings. The molecule has 1 aliphatic rings. The second-order valence-electron chi connectivity index (χ2n) is 10.0. The first kappa shape index (κ1) is 20.8. The van der Waals surface area contributed by atoms with Crippen molar-refractivity contribution >= 4 is 27.7 Å². The molecule has 0 aliphatic carbocycles. The van der Waals surface area contributed by atoms with Crippen molar-refractivity contribution in [2.24, 2.45) is 0 Å². The van der Waals surface area contributed by atoms with Gasteiger partial charge in [-0.05, 0) is 52.6 Å². The molecule has 4 aromatic carbocycles. The molecule has 0 unspecified atom stereocenters. The molecule has 3 nitrogen and oxygen atoms in total. The minimum atomic E-state index is -0.257. The van der Waals surface area contributed by atoms with Crippen molar-refractivity contribution in [3.63, 3.8) is 0 Å². The molecule has 36 heavy (non-hydrogen) atoms. The van der Waals surface area contributed by atoms with E-state index in [1.165, 1.54) is 16.5 Å². The van der Waals surface area contributed by atoms with Crippen LogP contribution in [0, 0.1) is 0 Å². The lowest BCUT2D eigenvalue weighted by molar-refractivity contribution is 0.103. The molecule has 3 heteroatoms. The number of pyridine rings is 1. The van der Waals surface area contributed by atoms with E-state index in [1.54, 1.807) is 0 Å². The number of aromatic nitrogens is 2. The zero-order valence-corrected chi connectivity index (χ0v) is 20.2. The Labute approximate surface area is 209 Å². The number of hydrogen-bond acceptors (Lipinski definition) is 2. The van der Waals surface area contributed by atoms with Crippen molar-refractivity contribution in [2.75, 3.05) is 0 Å². The Hall–Kier alpha value is -4.50. The number of fused-ring (bicyclic) bond motifs is 5. The molecular formula is C33H24N2O. The van der Waals surface area contributed by atoms with Gasteiger partial charge >= 0.3 is 0 Å². The number of hydrogen-bond donors (Lipinski definition) is 0. The summed E-state index contributed by atoms with van der Waals surface area (Å²) in [5.74, 6) is 0.0382. The van der Waals surface area contributed by atoms with E-state index in [9.17, 15) is 4.79 Å². The highest BCUT2D eigenvalue weighted by molar-refractivity contribution is 6.11. The fraction of sp³-hybridized carbons (Fsp3) is 0.0909. The summed E-state index contributed by atoms with van der Waals surface area (Å²) in [5, 5.41) is 1.17. The summed E-state index contributed by atoms with van der Waals surface area (Å²) >= 11 is 0. The molecule has 0 spiro atoms. The van der Waals surface area contributed by atoms with Crippen LogP contribution in [-0.2, 0) is 5.41 Å². The molecule has 1 aliphatic heterocycles. The van der Waals surface area contributed by atoms with Crippen molar-refractivity contribution < 1.29 is 4.79 Å². The fourth-order valence-corrected chi connectivity index (χ4v) is 5.76. The molecule has 0 N–H and O–H groups in total. The first-order valence-electron chi connectivity index (χ1n) is 12.3. The van der Waals surface area contributed by atoms with Gasteiger partial charge in [-0.3, -0.25) is 9.78 Å². The number of para-hydroxylation sites is 1. The third kappa shape index (κ3) is 2.86. The average Bonchev–Trinajstić information content (AvgIpc) is 3.27. The van der Waals surface area contributed by atoms with Gasteiger partial charge in [-0.2, -0.15) is 0 Å². The summed E-state index contributed by atoms with van der Waals surface area (Å²) in [6.07, 6.45) is 1.85. The van der Waals surface area contributed by atoms with Crippen molar-refractivity contribution in [1.29, 1.82) is 0 Å². The predicted octanol–water partition coefficient (Wildman–Crippen LogP) is 7.72. The molecule has 0 bridgehead atoms. The van der Waals surface area contributed by atoms with Gasteiger partial charge < -0.3 is 4.57 Å². The van der Waals surface area contributed by atoms with Crippen molar-refractivity contribution in [1.82, 2.24) is 9.55 Å². The van der Waals surface area contributed by atoms with Crippen molar-refractivity contribution in [3.05, 3.63) is 132 Å². The Bertz CT molecular complexity index is 1810. The lowest BCUT2D eigenvalue weighted by Gasteiger charge is -2.35. The molecule has 0 saturated carbocycles. The zero-order chi connectivity index (χ0) is 24.4. The summed E-state index contributed by atoms with van der Waals surface area (Å²) in [5.41, 5.74) is 10.2. The molecular weight excluding hydrogens is 440 g/mol. The normalized spacial score (nSPS) is 13.6. The van der Waals surface area contributed by atoms with Crippen LogP contribution in [0.5, 0.6) is 0 Å². The standard InChI is InChI=1S/C33H24N2O/c1-33(2)26-11-6-10-25-30-29(12-7-19-34-30)35(31(25)26)28-18-17-24(20-27(28)33)32(36)23-15-13-22(14-16-23)21-8-4-3-5-9-21/h3-20H,1-2H3. The molecule has 172 valence electrons. The Kier molecular flexibility index (Phi) is 4.34. The van der Waals surface area contributed by atoms with Gasteiger partial charge in [0, 0.05) is 28.1 Å². The summed E-state index contributed by atoms with van der Waals surface area (Å²) in [6.45, 7) is 4.50. The van der Waals surface area contributed by atoms with Gasteiger partial charge in [-0.25, -0.2) is 0 Å². The molecule has 2 aromatic heterocycles. The lowest BCUT2D eigenvalue weighted by atomic mass is 9.74. The maximum absolute atomic E-state index is 13.6. The first-order chi connectivity index (χ1) is 17.5. The third-order valence-electron chi connectivity index (χ3n) is 7.64. The van der Waals surface area contributed by atoms with E-state index in [0.29, 0.717) is 11.1 Å². The van der Waals surface area contributed by atoms with Crippen molar-refractivity contribution in [3.8, 4) is 16.8 Å². The molecule has 0 radical (unpaired) electrons. The first-order valence-corrected chi connectivity index (χ1v) is 12.3. The SMILES string of the molecule is CC1(C)c2cc(C(=O)c3ccc(-c4ccccc4)cc3)ccc2-n2c3cccnc3c3cccc1c32. The monoisotopic (exact) mass is 464 g/mol. The number of carbonyl (C=O) groups excluding carboxylic acids is 1. The van der Waals surface area contributed by atoms with E-state index in [2.05, 4.69) is 66.9 Å². The van der Waals surface area contributed by atoms with E-state index in [1.807, 2.05) is 60.8 Å². The van der Waals surface area contributed by atoms with Gasteiger partial charge in [0.15, 0.2) is 5.78 Å². The lowest BCUT2D eigenvalue weighted by Crippen LogP contribution is -2.26. The third-order valence-corrected chi connectivity index (χ3v) is 7.64. The number of carbonyl (C=O) groups is 1. The number of nitrogens with zero attached hydrogens (tertiary/aromatic N) is 2. The number of benzene rings is 4. The van der Waals surface area contributed by atoms with E-state index >= 15 is 0 Å². The van der Waals surface area contributed by atoms with E-state index in [4.69, 9.17) is 4.98 Å². The van der Waals surface area contributed by atoms with Crippen LogP contribution in [0.3, 0.4) is 0 Å². The molecule has 7 rings (SSSR count). The number of rotatable bonds is 3. The van der Waals surface area contributed by atoms with Gasteiger partial charge in [0.05, 0.1) is 22.2 Å². The van der Waals surface area contributed by atoms with E-state index in [-0.39, 0.29) is 11.2 Å². The van der Waals surface area contributed by atoms with Gasteiger partial charge in [-0.1, -0.05) is 86.6 Å². The van der Waals surface area contributed by atoms with Gasteiger partial charge in [0.25, 0.3) is 0 Å². The van der Waals surface area contributed by atoms with E-state index in [0.717, 1.165) is 33.4 Å².